The number of nitrogens with zero attached hydrogens (tertiary/aromatic N) is 4. The van der Waals surface area contributed by atoms with Crippen LogP contribution in [0.4, 0.5) is 9.59 Å². The second kappa shape index (κ2) is 13.7. The molecule has 0 aromatic carbocycles. The quantitative estimate of drug-likeness (QED) is 0.0773. The molecule has 16 nitrogen and oxygen atoms in total. The van der Waals surface area contributed by atoms with Gasteiger partial charge in [0.25, 0.3) is 0 Å². The summed E-state index contributed by atoms with van der Waals surface area (Å²) in [5.41, 5.74) is -2.82. The van der Waals surface area contributed by atoms with Crippen LogP contribution >= 0.6 is 23.2 Å². The van der Waals surface area contributed by atoms with Gasteiger partial charge in [0.15, 0.2) is 6.23 Å². The Kier molecular flexibility index (Phi) is 12.1. The lowest BCUT2D eigenvalue weighted by atomic mass is 9.92. The number of halogens is 2. The second-order valence-corrected chi connectivity index (χ2v) is 7.43. The summed E-state index contributed by atoms with van der Waals surface area (Å²) >= 11 is 10.9. The van der Waals surface area contributed by atoms with E-state index in [9.17, 15) is 39.8 Å². The molecule has 1 heterocycles. The Balaban J connectivity index is 3.10. The number of aliphatic hydroxyl groups is 4. The standard InChI is InChI=1S/C15H26Cl2N6O10/c1-2-7-32-12-15(29,19-14(28)23(21-31)6-4-17)10(25)8(24)9(33-12)11(26)18-13(27)22(20-30)5-3-16/h8-12,24-26,29H,2-7H2,1H3,(H,18,27)(H,19,28)/t8-,9+,10+,11?,12-,15-/m1/s1. The van der Waals surface area contributed by atoms with Crippen LogP contribution in [0.25, 0.3) is 0 Å². The minimum atomic E-state index is -2.82. The molecule has 6 atom stereocenters. The summed E-state index contributed by atoms with van der Waals surface area (Å²) in [4.78, 5) is 45.8. The normalized spacial score (nSPS) is 27.8. The molecule has 1 aliphatic rings. The highest BCUT2D eigenvalue weighted by Crippen LogP contribution is 2.30. The number of aliphatic hydroxyl groups excluding tert-OH is 3. The maximum Gasteiger partial charge on any atom is 0.342 e. The molecule has 1 unspecified atom stereocenters. The van der Waals surface area contributed by atoms with Gasteiger partial charge in [-0.05, 0) is 6.42 Å². The van der Waals surface area contributed by atoms with E-state index in [4.69, 9.17) is 32.7 Å². The highest BCUT2D eigenvalue weighted by atomic mass is 35.5. The molecule has 18 heteroatoms. The average molecular weight is 521 g/mol. The first-order valence-electron chi connectivity index (χ1n) is 9.60. The number of hydrogen-bond acceptors (Lipinski definition) is 12. The predicted octanol–water partition coefficient (Wildman–Crippen LogP) is -1.27. The van der Waals surface area contributed by atoms with Crippen molar-refractivity contribution < 1.29 is 39.5 Å². The molecular formula is C15H26Cl2N6O10. The topological polar surface area (TPSA) is 223 Å². The lowest BCUT2D eigenvalue weighted by Gasteiger charge is -2.48. The molecule has 6 N–H and O–H groups in total. The van der Waals surface area contributed by atoms with Crippen molar-refractivity contribution in [3.8, 4) is 0 Å². The number of nitrogens with one attached hydrogen (secondary N) is 2. The predicted molar refractivity (Wildman–Crippen MR) is 111 cm³/mol. The molecule has 1 rings (SSSR count). The fraction of sp³-hybridized carbons (Fsp3) is 0.867. The van der Waals surface area contributed by atoms with Gasteiger partial charge in [0.05, 0.1) is 23.7 Å². The van der Waals surface area contributed by atoms with Crippen molar-refractivity contribution in [2.75, 3.05) is 31.5 Å². The molecule has 0 aromatic heterocycles. The third kappa shape index (κ3) is 7.28. The fourth-order valence-electron chi connectivity index (χ4n) is 2.73. The molecule has 33 heavy (non-hydrogen) atoms. The number of ether oxygens (including phenoxy) is 2. The van der Waals surface area contributed by atoms with E-state index in [1.807, 2.05) is 10.6 Å². The molecular weight excluding hydrogens is 495 g/mol. The molecule has 1 aliphatic heterocycles. The van der Waals surface area contributed by atoms with Gasteiger partial charge in [0.2, 0.25) is 12.0 Å². The van der Waals surface area contributed by atoms with Crippen LogP contribution < -0.4 is 10.6 Å². The number of amides is 4. The van der Waals surface area contributed by atoms with Gasteiger partial charge in [-0.15, -0.1) is 33.0 Å². The molecule has 0 bridgehead atoms. The average Bonchev–Trinajstić information content (AvgIpc) is 2.78. The minimum Gasteiger partial charge on any atom is -0.387 e. The van der Waals surface area contributed by atoms with Gasteiger partial charge < -0.3 is 40.5 Å². The smallest absolute Gasteiger partial charge is 0.342 e. The molecule has 4 amide bonds. The number of carbonyl (C=O) groups excluding carboxylic acids is 2. The Morgan fingerprint density at radius 1 is 1.15 bits per heavy atom. The molecule has 1 fully saturated rings. The summed E-state index contributed by atoms with van der Waals surface area (Å²) in [6.07, 6.45) is -9.75. The zero-order valence-corrected chi connectivity index (χ0v) is 18.9. The third-order valence-corrected chi connectivity index (χ3v) is 4.71. The molecule has 1 saturated heterocycles. The maximum absolute atomic E-state index is 12.3. The van der Waals surface area contributed by atoms with Gasteiger partial charge in [-0.3, -0.25) is 0 Å². The van der Waals surface area contributed by atoms with Crippen LogP contribution in [-0.2, 0) is 9.47 Å². The molecule has 0 saturated carbocycles. The van der Waals surface area contributed by atoms with E-state index >= 15 is 0 Å². The molecule has 0 aliphatic carbocycles. The zero-order valence-electron chi connectivity index (χ0n) is 17.4. The van der Waals surface area contributed by atoms with E-state index in [0.29, 0.717) is 16.4 Å². The number of alkyl halides is 2. The first kappa shape index (κ1) is 29.1. The van der Waals surface area contributed by atoms with Crippen molar-refractivity contribution in [1.82, 2.24) is 20.7 Å². The summed E-state index contributed by atoms with van der Waals surface area (Å²) < 4.78 is 10.6. The molecule has 0 radical (unpaired) electrons. The Bertz CT molecular complexity index is 679. The summed E-state index contributed by atoms with van der Waals surface area (Å²) in [6, 6.07) is -2.49. The summed E-state index contributed by atoms with van der Waals surface area (Å²) in [7, 11) is 0. The Morgan fingerprint density at radius 2 is 1.70 bits per heavy atom. The van der Waals surface area contributed by atoms with Crippen molar-refractivity contribution in [3.63, 3.8) is 0 Å². The third-order valence-electron chi connectivity index (χ3n) is 4.37. The maximum atomic E-state index is 12.3. The minimum absolute atomic E-state index is 0.0727. The van der Waals surface area contributed by atoms with E-state index in [2.05, 4.69) is 10.6 Å². The molecule has 0 spiro atoms. The highest BCUT2D eigenvalue weighted by Gasteiger charge is 2.58. The lowest BCUT2D eigenvalue weighted by Crippen LogP contribution is -2.76. The van der Waals surface area contributed by atoms with Crippen LogP contribution in [0.1, 0.15) is 13.3 Å². The number of urea groups is 2. The van der Waals surface area contributed by atoms with Gasteiger partial charge in [-0.25, -0.2) is 9.59 Å². The van der Waals surface area contributed by atoms with Gasteiger partial charge in [0, 0.05) is 18.4 Å². The Hall–Kier alpha value is -1.92. The van der Waals surface area contributed by atoms with E-state index in [-0.39, 0.29) is 31.5 Å². The highest BCUT2D eigenvalue weighted by molar-refractivity contribution is 6.18. The summed E-state index contributed by atoms with van der Waals surface area (Å²) in [6.45, 7) is 0.979. The number of hydrogen-bond donors (Lipinski definition) is 6. The Morgan fingerprint density at radius 3 is 2.18 bits per heavy atom. The van der Waals surface area contributed by atoms with Crippen LogP contribution in [0.5, 0.6) is 0 Å². The van der Waals surface area contributed by atoms with E-state index in [1.165, 1.54) is 0 Å². The first-order chi connectivity index (χ1) is 15.6. The Labute approximate surface area is 197 Å². The number of rotatable bonds is 12. The van der Waals surface area contributed by atoms with Crippen LogP contribution in [-0.4, -0.2) is 111 Å². The van der Waals surface area contributed by atoms with Crippen molar-refractivity contribution in [3.05, 3.63) is 9.81 Å². The molecule has 0 aromatic rings. The number of carbonyl (C=O) groups is 2. The van der Waals surface area contributed by atoms with Crippen molar-refractivity contribution in [2.24, 2.45) is 10.6 Å². The van der Waals surface area contributed by atoms with Gasteiger partial charge in [-0.1, -0.05) is 6.92 Å². The second-order valence-electron chi connectivity index (χ2n) is 6.68. The van der Waals surface area contributed by atoms with E-state index in [0.717, 1.165) is 0 Å². The van der Waals surface area contributed by atoms with E-state index < -0.39 is 48.6 Å². The van der Waals surface area contributed by atoms with Crippen molar-refractivity contribution >= 4 is 35.3 Å². The van der Waals surface area contributed by atoms with Gasteiger partial charge >= 0.3 is 12.1 Å². The van der Waals surface area contributed by atoms with Crippen LogP contribution in [0.15, 0.2) is 10.6 Å². The zero-order chi connectivity index (χ0) is 25.2. The van der Waals surface area contributed by atoms with Crippen LogP contribution in [0.2, 0.25) is 0 Å². The van der Waals surface area contributed by atoms with Gasteiger partial charge in [-0.2, -0.15) is 10.0 Å². The number of nitroso groups, excluding NO2 is 2. The van der Waals surface area contributed by atoms with Gasteiger partial charge in [0.1, 0.15) is 18.3 Å². The van der Waals surface area contributed by atoms with Crippen molar-refractivity contribution in [2.45, 2.75) is 49.9 Å². The van der Waals surface area contributed by atoms with Crippen molar-refractivity contribution in [1.29, 1.82) is 0 Å². The van der Waals surface area contributed by atoms with E-state index in [1.54, 1.807) is 6.92 Å². The SMILES string of the molecule is CCCO[C@@H]1O[C@H](C(O)NC(=O)N(CCCl)N=O)[C@@H](O)[C@H](O)[C@]1(O)NC(=O)N(CCCl)N=O. The van der Waals surface area contributed by atoms with Crippen LogP contribution in [0, 0.1) is 9.81 Å². The largest absolute Gasteiger partial charge is 0.387 e. The monoisotopic (exact) mass is 520 g/mol. The lowest BCUT2D eigenvalue weighted by molar-refractivity contribution is -0.354. The first-order valence-corrected chi connectivity index (χ1v) is 10.7. The van der Waals surface area contributed by atoms with Crippen LogP contribution in [0.3, 0.4) is 0 Å². The summed E-state index contributed by atoms with van der Waals surface area (Å²) in [5, 5.41) is 51.5. The summed E-state index contributed by atoms with van der Waals surface area (Å²) in [5.74, 6) is -0.327. The fourth-order valence-corrected chi connectivity index (χ4v) is 3.05. The molecule has 190 valence electrons.